The van der Waals surface area contributed by atoms with Gasteiger partial charge in [-0.25, -0.2) is 0 Å². The van der Waals surface area contributed by atoms with Gasteiger partial charge in [-0.2, -0.15) is 0 Å². The molecule has 1 fully saturated rings. The lowest BCUT2D eigenvalue weighted by molar-refractivity contribution is 1.04. The van der Waals surface area contributed by atoms with Gasteiger partial charge in [-0.15, -0.1) is 10.2 Å². The predicted molar refractivity (Wildman–Crippen MR) is 53.3 cm³/mol. The molecule has 14 heavy (non-hydrogen) atoms. The summed E-state index contributed by atoms with van der Waals surface area (Å²) in [6.07, 6.45) is 6.14. The van der Waals surface area contributed by atoms with E-state index in [4.69, 9.17) is 0 Å². The molecule has 1 saturated carbocycles. The molecule has 0 saturated heterocycles. The van der Waals surface area contributed by atoms with Crippen LogP contribution in [-0.2, 0) is 0 Å². The third-order valence-corrected chi connectivity index (χ3v) is 2.66. The van der Waals surface area contributed by atoms with Crippen molar-refractivity contribution in [2.24, 2.45) is 0 Å². The largest absolute Gasteiger partial charge is 0.288 e. The van der Waals surface area contributed by atoms with Crippen molar-refractivity contribution >= 4 is 0 Å². The van der Waals surface area contributed by atoms with Crippen LogP contribution in [0.4, 0.5) is 0 Å². The van der Waals surface area contributed by atoms with Crippen LogP contribution in [0.25, 0.3) is 5.69 Å². The fourth-order valence-electron chi connectivity index (χ4n) is 1.67. The molecule has 0 radical (unpaired) electrons. The molecule has 3 rings (SSSR count). The summed E-state index contributed by atoms with van der Waals surface area (Å²) in [5.41, 5.74) is 2.58. The van der Waals surface area contributed by atoms with Crippen molar-refractivity contribution in [3.63, 3.8) is 0 Å². The van der Waals surface area contributed by atoms with Gasteiger partial charge in [-0.3, -0.25) is 4.57 Å². The highest BCUT2D eigenvalue weighted by Crippen LogP contribution is 2.39. The van der Waals surface area contributed by atoms with E-state index in [1.165, 1.54) is 18.4 Å². The number of benzene rings is 1. The second-order valence-corrected chi connectivity index (χ2v) is 3.73. The van der Waals surface area contributed by atoms with Crippen molar-refractivity contribution in [2.45, 2.75) is 18.8 Å². The first kappa shape index (κ1) is 7.74. The molecule has 1 aromatic heterocycles. The van der Waals surface area contributed by atoms with Crippen molar-refractivity contribution in [1.29, 1.82) is 0 Å². The summed E-state index contributed by atoms with van der Waals surface area (Å²) in [7, 11) is 0. The van der Waals surface area contributed by atoms with E-state index in [2.05, 4.69) is 34.5 Å². The van der Waals surface area contributed by atoms with E-state index in [1.807, 2.05) is 4.57 Å². The molecule has 70 valence electrons. The molecule has 0 N–H and O–H groups in total. The van der Waals surface area contributed by atoms with Crippen LogP contribution in [0.5, 0.6) is 0 Å². The molecular weight excluding hydrogens is 174 g/mol. The van der Waals surface area contributed by atoms with E-state index in [1.54, 1.807) is 12.7 Å². The molecule has 1 aliphatic carbocycles. The number of nitrogens with zero attached hydrogens (tertiary/aromatic N) is 3. The molecule has 0 atom stereocenters. The lowest BCUT2D eigenvalue weighted by atomic mass is 10.1. The monoisotopic (exact) mass is 185 g/mol. The molecule has 0 unspecified atom stereocenters. The maximum absolute atomic E-state index is 3.78. The first-order valence-corrected chi connectivity index (χ1v) is 4.88. The molecule has 1 heterocycles. The molecule has 0 bridgehead atoms. The average Bonchev–Trinajstić information content (AvgIpc) is 2.94. The molecule has 2 aromatic rings. The Morgan fingerprint density at radius 3 is 2.21 bits per heavy atom. The molecule has 0 aliphatic heterocycles. The summed E-state index contributed by atoms with van der Waals surface area (Å²) >= 11 is 0. The van der Waals surface area contributed by atoms with Gasteiger partial charge >= 0.3 is 0 Å². The minimum absolute atomic E-state index is 0.824. The van der Waals surface area contributed by atoms with Crippen LogP contribution in [0.1, 0.15) is 24.3 Å². The van der Waals surface area contributed by atoms with Crippen molar-refractivity contribution < 1.29 is 0 Å². The van der Waals surface area contributed by atoms with Crippen LogP contribution in [0.2, 0.25) is 0 Å². The summed E-state index contributed by atoms with van der Waals surface area (Å²) in [6.45, 7) is 0. The van der Waals surface area contributed by atoms with Gasteiger partial charge in [0.15, 0.2) is 0 Å². The highest BCUT2D eigenvalue weighted by Gasteiger charge is 2.22. The minimum Gasteiger partial charge on any atom is -0.288 e. The van der Waals surface area contributed by atoms with Gasteiger partial charge in [0.25, 0.3) is 0 Å². The number of aromatic nitrogens is 3. The highest BCUT2D eigenvalue weighted by atomic mass is 15.2. The van der Waals surface area contributed by atoms with Gasteiger partial charge in [0.1, 0.15) is 12.7 Å². The second kappa shape index (κ2) is 2.94. The van der Waals surface area contributed by atoms with Gasteiger partial charge in [-0.1, -0.05) is 12.1 Å². The van der Waals surface area contributed by atoms with E-state index in [-0.39, 0.29) is 0 Å². The molecule has 3 heteroatoms. The van der Waals surface area contributed by atoms with Crippen LogP contribution in [0.15, 0.2) is 36.9 Å². The summed E-state index contributed by atoms with van der Waals surface area (Å²) < 4.78 is 1.91. The molecule has 0 spiro atoms. The molecule has 1 aliphatic rings. The number of hydrogen-bond acceptors (Lipinski definition) is 2. The first-order chi connectivity index (χ1) is 6.93. The Morgan fingerprint density at radius 2 is 1.64 bits per heavy atom. The van der Waals surface area contributed by atoms with E-state index < -0.39 is 0 Å². The summed E-state index contributed by atoms with van der Waals surface area (Å²) in [4.78, 5) is 0. The lowest BCUT2D eigenvalue weighted by Crippen LogP contribution is -1.89. The van der Waals surface area contributed by atoms with E-state index in [9.17, 15) is 0 Å². The Hall–Kier alpha value is -1.64. The predicted octanol–water partition coefficient (Wildman–Crippen LogP) is 2.14. The first-order valence-electron chi connectivity index (χ1n) is 4.88. The molecule has 0 amide bonds. The summed E-state index contributed by atoms with van der Waals surface area (Å²) in [6, 6.07) is 8.65. The third-order valence-electron chi connectivity index (χ3n) is 2.66. The van der Waals surface area contributed by atoms with E-state index in [0.29, 0.717) is 0 Å². The Morgan fingerprint density at radius 1 is 1.00 bits per heavy atom. The van der Waals surface area contributed by atoms with Gasteiger partial charge in [-0.05, 0) is 36.5 Å². The maximum atomic E-state index is 3.78. The minimum atomic E-state index is 0.824. The van der Waals surface area contributed by atoms with Crippen LogP contribution < -0.4 is 0 Å². The van der Waals surface area contributed by atoms with Crippen LogP contribution >= 0.6 is 0 Å². The fourth-order valence-corrected chi connectivity index (χ4v) is 1.67. The Labute approximate surface area is 82.4 Å². The summed E-state index contributed by atoms with van der Waals surface area (Å²) in [5.74, 6) is 0.824. The van der Waals surface area contributed by atoms with Crippen LogP contribution in [-0.4, -0.2) is 14.8 Å². The fraction of sp³-hybridized carbons (Fsp3) is 0.273. The molecule has 3 nitrogen and oxygen atoms in total. The zero-order valence-electron chi connectivity index (χ0n) is 7.80. The molecular formula is C11H11N3. The summed E-state index contributed by atoms with van der Waals surface area (Å²) in [5, 5.41) is 7.56. The smallest absolute Gasteiger partial charge is 0.123 e. The highest BCUT2D eigenvalue weighted by molar-refractivity contribution is 5.36. The van der Waals surface area contributed by atoms with Gasteiger partial charge in [0.05, 0.1) is 0 Å². The average molecular weight is 185 g/mol. The number of hydrogen-bond donors (Lipinski definition) is 0. The zero-order chi connectivity index (χ0) is 9.38. The Kier molecular flexibility index (Phi) is 1.63. The Balaban J connectivity index is 1.93. The Bertz CT molecular complexity index is 412. The van der Waals surface area contributed by atoms with Crippen molar-refractivity contribution in [1.82, 2.24) is 14.8 Å². The topological polar surface area (TPSA) is 30.7 Å². The normalized spacial score (nSPS) is 15.7. The second-order valence-electron chi connectivity index (χ2n) is 3.73. The van der Waals surface area contributed by atoms with Gasteiger partial charge in [0, 0.05) is 5.69 Å². The van der Waals surface area contributed by atoms with Gasteiger partial charge in [0.2, 0.25) is 0 Å². The maximum Gasteiger partial charge on any atom is 0.123 e. The van der Waals surface area contributed by atoms with E-state index in [0.717, 1.165) is 11.6 Å². The zero-order valence-corrected chi connectivity index (χ0v) is 7.80. The quantitative estimate of drug-likeness (QED) is 0.717. The van der Waals surface area contributed by atoms with Gasteiger partial charge < -0.3 is 0 Å². The number of rotatable bonds is 2. The third kappa shape index (κ3) is 1.31. The lowest BCUT2D eigenvalue weighted by Gasteiger charge is -2.02. The van der Waals surface area contributed by atoms with Crippen molar-refractivity contribution in [3.8, 4) is 5.69 Å². The van der Waals surface area contributed by atoms with Crippen molar-refractivity contribution in [3.05, 3.63) is 42.5 Å². The SMILES string of the molecule is c1cc(-n2cnnc2)ccc1C1CC1. The molecule has 1 aromatic carbocycles. The van der Waals surface area contributed by atoms with Crippen molar-refractivity contribution in [2.75, 3.05) is 0 Å². The van der Waals surface area contributed by atoms with E-state index >= 15 is 0 Å². The van der Waals surface area contributed by atoms with Crippen LogP contribution in [0.3, 0.4) is 0 Å². The van der Waals surface area contributed by atoms with Crippen LogP contribution in [0, 0.1) is 0 Å². The standard InChI is InChI=1S/C11H11N3/c1-2-9(1)10-3-5-11(6-4-10)14-7-12-13-8-14/h3-9H,1-2H2.